The number of nitrogens with zero attached hydrogens (tertiary/aromatic N) is 1. The molecule has 1 aromatic rings. The number of H-pyrrole nitrogens is 1. The number of phosphoric acid groups is 3. The molecule has 3 heterocycles. The smallest absolute Gasteiger partial charge is 0.479 e. The van der Waals surface area contributed by atoms with Gasteiger partial charge in [-0.05, 0) is 6.92 Å². The molecule has 2 aliphatic heterocycles. The number of aromatic amines is 1. The van der Waals surface area contributed by atoms with E-state index in [-0.39, 0.29) is 0 Å². The van der Waals surface area contributed by atoms with E-state index in [0.29, 0.717) is 4.57 Å². The van der Waals surface area contributed by atoms with Gasteiger partial charge in [0.1, 0.15) is 42.7 Å². The standard InChI is InChI=1S/C20H32N3O22P3/c1-7(18(29)30)40-16-12(21-8(2)25)19(42-9(5-24)15(16)43-46(32,33)34)44-48(37,38)45-47(35,36)39-6-10-13(27)14(28)17(41-10)23-4-3-11(26)22-20(23)31/h3-4,7,9-10,12-17,19,24,27-28H,5-6H2,1-2H3,(H,21,25)(H,29,30)(H,35,36)(H,37,38)(H,22,26,31)(H2,32,33,34)/t7-,9-,10-,12-,13-,14-,15-,16-,17-,19-/m1/s1. The highest BCUT2D eigenvalue weighted by Gasteiger charge is 2.54. The predicted octanol–water partition coefficient (Wildman–Crippen LogP) is -4.04. The zero-order chi connectivity index (χ0) is 36.4. The van der Waals surface area contributed by atoms with Gasteiger partial charge in [-0.25, -0.2) is 23.3 Å². The molecule has 3 rings (SSSR count). The van der Waals surface area contributed by atoms with Gasteiger partial charge in [0.25, 0.3) is 5.56 Å². The number of rotatable bonds is 15. The highest BCUT2D eigenvalue weighted by Crippen LogP contribution is 2.61. The van der Waals surface area contributed by atoms with Crippen molar-refractivity contribution in [2.45, 2.75) is 75.1 Å². The Kier molecular flexibility index (Phi) is 13.2. The minimum atomic E-state index is -5.89. The van der Waals surface area contributed by atoms with E-state index < -0.39 is 121 Å². The van der Waals surface area contributed by atoms with Gasteiger partial charge in [0.2, 0.25) is 5.91 Å². The third-order valence-electron chi connectivity index (χ3n) is 6.47. The Hall–Kier alpha value is -2.25. The number of carbonyl (C=O) groups is 2. The van der Waals surface area contributed by atoms with E-state index in [2.05, 4.69) is 18.7 Å². The van der Waals surface area contributed by atoms with E-state index in [0.717, 1.165) is 26.1 Å². The highest BCUT2D eigenvalue weighted by atomic mass is 31.3. The number of nitrogens with one attached hydrogen (secondary N) is 2. The Labute approximate surface area is 267 Å². The summed E-state index contributed by atoms with van der Waals surface area (Å²) in [6, 6.07) is -1.09. The fourth-order valence-corrected chi connectivity index (χ4v) is 7.20. The summed E-state index contributed by atoms with van der Waals surface area (Å²) in [6.07, 6.45) is -16.3. The van der Waals surface area contributed by atoms with Crippen molar-refractivity contribution in [1.29, 1.82) is 0 Å². The molecule has 0 spiro atoms. The first-order valence-electron chi connectivity index (χ1n) is 13.2. The zero-order valence-electron chi connectivity index (χ0n) is 24.4. The van der Waals surface area contributed by atoms with Gasteiger partial charge in [0, 0.05) is 19.2 Å². The number of phosphoric ester groups is 3. The molecule has 0 saturated carbocycles. The van der Waals surface area contributed by atoms with E-state index in [1.54, 1.807) is 0 Å². The molecular weight excluding hydrogens is 727 g/mol. The van der Waals surface area contributed by atoms with E-state index in [9.17, 15) is 72.9 Å². The van der Waals surface area contributed by atoms with Gasteiger partial charge in [-0.2, -0.15) is 4.31 Å². The lowest BCUT2D eigenvalue weighted by Gasteiger charge is -2.45. The van der Waals surface area contributed by atoms with Crippen LogP contribution < -0.4 is 16.6 Å². The van der Waals surface area contributed by atoms with Crippen LogP contribution in [0.5, 0.6) is 0 Å². The Morgan fingerprint density at radius 2 is 1.67 bits per heavy atom. The summed E-state index contributed by atoms with van der Waals surface area (Å²) in [5.74, 6) is -2.61. The quantitative estimate of drug-likeness (QED) is 0.0761. The zero-order valence-corrected chi connectivity index (χ0v) is 27.1. The van der Waals surface area contributed by atoms with Crippen molar-refractivity contribution in [2.24, 2.45) is 0 Å². The number of carbonyl (C=O) groups excluding carboxylic acids is 1. The second kappa shape index (κ2) is 15.7. The first-order chi connectivity index (χ1) is 22.0. The summed E-state index contributed by atoms with van der Waals surface area (Å²) in [6.45, 7) is -0.485. The summed E-state index contributed by atoms with van der Waals surface area (Å²) in [5.41, 5.74) is -1.84. The van der Waals surface area contributed by atoms with Crippen molar-refractivity contribution in [2.75, 3.05) is 13.2 Å². The van der Waals surface area contributed by atoms with Crippen molar-refractivity contribution < 1.29 is 95.4 Å². The number of aromatic nitrogens is 2. The fourth-order valence-electron chi connectivity index (χ4n) is 4.47. The molecule has 25 nitrogen and oxygen atoms in total. The number of carboxylic acid groups (broad SMARTS) is 1. The monoisotopic (exact) mass is 759 g/mol. The van der Waals surface area contributed by atoms with Crippen LogP contribution >= 0.6 is 23.5 Å². The topological polar surface area (TPSA) is 379 Å². The molecular formula is C20H32N3O22P3. The molecule has 2 fully saturated rings. The van der Waals surface area contributed by atoms with Crippen LogP contribution in [0.3, 0.4) is 0 Å². The Morgan fingerprint density at radius 1 is 1.02 bits per heavy atom. The van der Waals surface area contributed by atoms with Crippen molar-refractivity contribution in [3.8, 4) is 0 Å². The minimum absolute atomic E-state index is 0.680. The molecule has 1 amide bonds. The third-order valence-corrected chi connectivity index (χ3v) is 9.59. The lowest BCUT2D eigenvalue weighted by Crippen LogP contribution is -2.66. The summed E-state index contributed by atoms with van der Waals surface area (Å²) < 4.78 is 71.7. The first kappa shape index (κ1) is 40.2. The largest absolute Gasteiger partial charge is 0.483 e. The van der Waals surface area contributed by atoms with Crippen molar-refractivity contribution in [3.05, 3.63) is 33.1 Å². The molecule has 274 valence electrons. The van der Waals surface area contributed by atoms with Crippen LogP contribution in [0.15, 0.2) is 21.9 Å². The predicted molar refractivity (Wildman–Crippen MR) is 147 cm³/mol. The van der Waals surface area contributed by atoms with Crippen LogP contribution in [-0.4, -0.2) is 130 Å². The van der Waals surface area contributed by atoms with Crippen LogP contribution in [0.25, 0.3) is 0 Å². The van der Waals surface area contributed by atoms with E-state index in [1.165, 1.54) is 0 Å². The van der Waals surface area contributed by atoms with Crippen LogP contribution in [0, 0.1) is 0 Å². The molecule has 10 N–H and O–H groups in total. The average Bonchev–Trinajstić information content (AvgIpc) is 3.21. The van der Waals surface area contributed by atoms with Crippen LogP contribution in [0.4, 0.5) is 0 Å². The third kappa shape index (κ3) is 10.6. The number of carboxylic acids is 1. The van der Waals surface area contributed by atoms with Gasteiger partial charge in [0.15, 0.2) is 18.6 Å². The molecule has 48 heavy (non-hydrogen) atoms. The first-order valence-corrected chi connectivity index (χ1v) is 17.7. The highest BCUT2D eigenvalue weighted by molar-refractivity contribution is 7.61. The summed E-state index contributed by atoms with van der Waals surface area (Å²) in [4.78, 5) is 87.8. The number of aliphatic carboxylic acids is 1. The second-order valence-electron chi connectivity index (χ2n) is 10.1. The Bertz CT molecular complexity index is 1580. The molecule has 12 atom stereocenters. The molecule has 0 aliphatic carbocycles. The molecule has 2 aliphatic rings. The van der Waals surface area contributed by atoms with Crippen molar-refractivity contribution in [1.82, 2.24) is 14.9 Å². The van der Waals surface area contributed by atoms with E-state index >= 15 is 0 Å². The second-order valence-corrected chi connectivity index (χ2v) is 14.3. The lowest BCUT2D eigenvalue weighted by molar-refractivity contribution is -0.259. The van der Waals surface area contributed by atoms with Gasteiger partial charge in [-0.3, -0.25) is 32.7 Å². The Balaban J connectivity index is 1.79. The lowest BCUT2D eigenvalue weighted by atomic mass is 9.96. The maximum atomic E-state index is 12.9. The number of amides is 1. The number of hydrogen-bond acceptors (Lipinski definition) is 17. The number of hydrogen-bond donors (Lipinski definition) is 10. The molecule has 28 heteroatoms. The molecule has 2 unspecified atom stereocenters. The summed E-state index contributed by atoms with van der Waals surface area (Å²) in [7, 11) is -17.1. The SMILES string of the molecule is CC(=O)N[C@H]1[C@@H](OP(=O)(O)OP(=O)(O)OC[C@H]2O[C@@H](n3ccc(=O)[nH]c3=O)[C@H](O)[C@@H]2O)O[C@H](CO)[C@@H](OP(=O)(O)O)[C@@H]1O[C@H](C)C(=O)O. The molecule has 0 aromatic carbocycles. The van der Waals surface area contributed by atoms with Crippen molar-refractivity contribution in [3.63, 3.8) is 0 Å². The van der Waals surface area contributed by atoms with E-state index in [1.807, 2.05) is 4.98 Å². The van der Waals surface area contributed by atoms with Gasteiger partial charge >= 0.3 is 35.1 Å². The molecule has 0 bridgehead atoms. The van der Waals surface area contributed by atoms with Gasteiger partial charge < -0.3 is 59.5 Å². The van der Waals surface area contributed by atoms with Gasteiger partial charge in [0.05, 0.1) is 13.2 Å². The maximum Gasteiger partial charge on any atom is 0.483 e. The van der Waals surface area contributed by atoms with Crippen molar-refractivity contribution >= 4 is 35.3 Å². The van der Waals surface area contributed by atoms with E-state index in [4.69, 9.17) is 18.7 Å². The molecule has 1 aromatic heterocycles. The summed E-state index contributed by atoms with van der Waals surface area (Å²) >= 11 is 0. The van der Waals surface area contributed by atoms with Crippen LogP contribution in [0.2, 0.25) is 0 Å². The minimum Gasteiger partial charge on any atom is -0.479 e. The van der Waals surface area contributed by atoms with Crippen LogP contribution in [-0.2, 0) is 55.4 Å². The number of aliphatic hydroxyl groups is 3. The average molecular weight is 759 g/mol. The van der Waals surface area contributed by atoms with Gasteiger partial charge in [-0.1, -0.05) is 0 Å². The Morgan fingerprint density at radius 3 is 2.21 bits per heavy atom. The normalized spacial score (nSPS) is 32.6. The van der Waals surface area contributed by atoms with Crippen LogP contribution in [0.1, 0.15) is 20.1 Å². The van der Waals surface area contributed by atoms with Gasteiger partial charge in [-0.15, -0.1) is 0 Å². The summed E-state index contributed by atoms with van der Waals surface area (Å²) in [5, 5.41) is 41.7. The molecule has 2 saturated heterocycles. The molecule has 0 radical (unpaired) electrons. The maximum absolute atomic E-state index is 12.9. The number of aliphatic hydroxyl groups excluding tert-OH is 3. The number of ether oxygens (including phenoxy) is 3. The fraction of sp³-hybridized carbons (Fsp3) is 0.700.